The number of thiazole rings is 1. The summed E-state index contributed by atoms with van der Waals surface area (Å²) in [6.07, 6.45) is 0.289. The molecule has 0 spiro atoms. The number of nitrogens with zero attached hydrogens (tertiary/aromatic N) is 2. The number of ether oxygens (including phenoxy) is 2. The fourth-order valence-electron chi connectivity index (χ4n) is 3.17. The van der Waals surface area contributed by atoms with Crippen molar-refractivity contribution in [3.8, 4) is 0 Å². The summed E-state index contributed by atoms with van der Waals surface area (Å²) in [5.74, 6) is 0.530. The van der Waals surface area contributed by atoms with Gasteiger partial charge in [0.2, 0.25) is 0 Å². The Balaban J connectivity index is 1.61. The smallest absolute Gasteiger partial charge is 0.0901 e. The van der Waals surface area contributed by atoms with Crippen LogP contribution in [-0.2, 0) is 16.1 Å². The summed E-state index contributed by atoms with van der Waals surface area (Å²) in [6, 6.07) is 1.10. The summed E-state index contributed by atoms with van der Waals surface area (Å²) in [5, 5.41) is 3.20. The van der Waals surface area contributed by atoms with Gasteiger partial charge in [0.15, 0.2) is 0 Å². The Morgan fingerprint density at radius 1 is 1.53 bits per heavy atom. The molecule has 19 heavy (non-hydrogen) atoms. The number of likely N-dealkylation sites (tertiary alicyclic amines) is 1. The molecule has 0 aliphatic carbocycles. The molecule has 0 N–H and O–H groups in total. The molecular formula is C14H22N2O2S. The van der Waals surface area contributed by atoms with Crippen LogP contribution in [0.25, 0.3) is 0 Å². The van der Waals surface area contributed by atoms with Crippen LogP contribution in [0.1, 0.15) is 24.5 Å². The van der Waals surface area contributed by atoms with E-state index >= 15 is 0 Å². The SMILES string of the molecule is Cc1nc(CO[C@@H]2CN(C(C)C)[C@H]3COC[C@@H]23)cs1. The van der Waals surface area contributed by atoms with Crippen molar-refractivity contribution < 1.29 is 9.47 Å². The van der Waals surface area contributed by atoms with Gasteiger partial charge >= 0.3 is 0 Å². The van der Waals surface area contributed by atoms with Crippen LogP contribution in [0.3, 0.4) is 0 Å². The Morgan fingerprint density at radius 3 is 3.05 bits per heavy atom. The molecule has 1 aromatic heterocycles. The van der Waals surface area contributed by atoms with Crippen LogP contribution in [0.5, 0.6) is 0 Å². The van der Waals surface area contributed by atoms with Gasteiger partial charge in [-0.1, -0.05) is 0 Å². The topological polar surface area (TPSA) is 34.6 Å². The first kappa shape index (κ1) is 13.5. The number of aryl methyl sites for hydroxylation is 1. The van der Waals surface area contributed by atoms with Gasteiger partial charge in [-0.2, -0.15) is 0 Å². The van der Waals surface area contributed by atoms with Gasteiger partial charge in [0.05, 0.1) is 36.6 Å². The summed E-state index contributed by atoms with van der Waals surface area (Å²) in [5.41, 5.74) is 1.06. The highest BCUT2D eigenvalue weighted by molar-refractivity contribution is 7.09. The van der Waals surface area contributed by atoms with Crippen LogP contribution in [0, 0.1) is 12.8 Å². The van der Waals surface area contributed by atoms with Crippen LogP contribution >= 0.6 is 11.3 Å². The van der Waals surface area contributed by atoms with Crippen molar-refractivity contribution in [2.75, 3.05) is 19.8 Å². The highest BCUT2D eigenvalue weighted by Crippen LogP contribution is 2.33. The minimum atomic E-state index is 0.289. The molecule has 3 atom stereocenters. The lowest BCUT2D eigenvalue weighted by Gasteiger charge is -2.26. The molecule has 2 saturated heterocycles. The quantitative estimate of drug-likeness (QED) is 0.847. The summed E-state index contributed by atoms with van der Waals surface area (Å²) in [6.45, 7) is 9.89. The molecule has 3 heterocycles. The molecule has 4 nitrogen and oxygen atoms in total. The monoisotopic (exact) mass is 282 g/mol. The molecule has 5 heteroatoms. The molecule has 0 saturated carbocycles. The number of aromatic nitrogens is 1. The first-order chi connectivity index (χ1) is 9.15. The highest BCUT2D eigenvalue weighted by atomic mass is 32.1. The maximum absolute atomic E-state index is 6.12. The van der Waals surface area contributed by atoms with E-state index in [0.29, 0.717) is 24.6 Å². The third kappa shape index (κ3) is 2.70. The van der Waals surface area contributed by atoms with Gasteiger partial charge in [-0.25, -0.2) is 4.98 Å². The predicted molar refractivity (Wildman–Crippen MR) is 75.4 cm³/mol. The molecule has 0 unspecified atom stereocenters. The molecule has 0 amide bonds. The van der Waals surface area contributed by atoms with Gasteiger partial charge in [-0.05, 0) is 20.8 Å². The summed E-state index contributed by atoms with van der Waals surface area (Å²) in [7, 11) is 0. The minimum Gasteiger partial charge on any atom is -0.379 e. The van der Waals surface area contributed by atoms with E-state index in [9.17, 15) is 0 Å². The second-order valence-corrected chi connectivity index (χ2v) is 6.83. The van der Waals surface area contributed by atoms with E-state index in [2.05, 4.69) is 29.1 Å². The Bertz CT molecular complexity index is 435. The van der Waals surface area contributed by atoms with Crippen molar-refractivity contribution in [1.82, 2.24) is 9.88 Å². The molecule has 2 aliphatic rings. The standard InChI is InChI=1S/C14H22N2O2S/c1-9(2)16-4-14(12-6-17-7-13(12)16)18-5-11-8-19-10(3)15-11/h8-9,12-14H,4-7H2,1-3H3/t12-,13+,14-/m1/s1. The van der Waals surface area contributed by atoms with E-state index in [1.165, 1.54) is 0 Å². The van der Waals surface area contributed by atoms with Crippen LogP contribution in [0.15, 0.2) is 5.38 Å². The van der Waals surface area contributed by atoms with E-state index in [1.807, 2.05) is 6.92 Å². The van der Waals surface area contributed by atoms with E-state index in [0.717, 1.165) is 30.5 Å². The number of hydrogen-bond donors (Lipinski definition) is 0. The average molecular weight is 282 g/mol. The van der Waals surface area contributed by atoms with E-state index in [1.54, 1.807) is 11.3 Å². The number of hydrogen-bond acceptors (Lipinski definition) is 5. The van der Waals surface area contributed by atoms with E-state index in [-0.39, 0.29) is 6.10 Å². The third-order valence-electron chi connectivity index (χ3n) is 4.16. The number of fused-ring (bicyclic) bond motifs is 1. The average Bonchev–Trinajstić information content (AvgIpc) is 3.02. The molecule has 2 fully saturated rings. The van der Waals surface area contributed by atoms with Crippen molar-refractivity contribution in [2.24, 2.45) is 5.92 Å². The molecule has 2 aliphatic heterocycles. The molecular weight excluding hydrogens is 260 g/mol. The van der Waals surface area contributed by atoms with Crippen LogP contribution in [0.2, 0.25) is 0 Å². The normalized spacial score (nSPS) is 31.3. The Morgan fingerprint density at radius 2 is 2.37 bits per heavy atom. The first-order valence-electron chi connectivity index (χ1n) is 7.01. The first-order valence-corrected chi connectivity index (χ1v) is 7.89. The highest BCUT2D eigenvalue weighted by Gasteiger charge is 2.46. The van der Waals surface area contributed by atoms with Crippen LogP contribution in [-0.4, -0.2) is 47.8 Å². The van der Waals surface area contributed by atoms with Gasteiger partial charge in [-0.3, -0.25) is 4.90 Å². The van der Waals surface area contributed by atoms with Gasteiger partial charge < -0.3 is 9.47 Å². The third-order valence-corrected chi connectivity index (χ3v) is 4.98. The zero-order valence-corrected chi connectivity index (χ0v) is 12.7. The zero-order chi connectivity index (χ0) is 13.4. The molecule has 0 bridgehead atoms. The zero-order valence-electron chi connectivity index (χ0n) is 11.8. The van der Waals surface area contributed by atoms with Gasteiger partial charge in [0, 0.05) is 29.9 Å². The van der Waals surface area contributed by atoms with Crippen LogP contribution in [0.4, 0.5) is 0 Å². The van der Waals surface area contributed by atoms with Gasteiger partial charge in [-0.15, -0.1) is 11.3 Å². The largest absolute Gasteiger partial charge is 0.379 e. The van der Waals surface area contributed by atoms with Crippen molar-refractivity contribution in [1.29, 1.82) is 0 Å². The number of rotatable bonds is 4. The van der Waals surface area contributed by atoms with Crippen LogP contribution < -0.4 is 0 Å². The Hall–Kier alpha value is -0.490. The summed E-state index contributed by atoms with van der Waals surface area (Å²) < 4.78 is 11.8. The van der Waals surface area contributed by atoms with Crippen molar-refractivity contribution in [2.45, 2.75) is 45.6 Å². The molecule has 1 aromatic rings. The van der Waals surface area contributed by atoms with E-state index < -0.39 is 0 Å². The fraction of sp³-hybridized carbons (Fsp3) is 0.786. The summed E-state index contributed by atoms with van der Waals surface area (Å²) in [4.78, 5) is 6.98. The lowest BCUT2D eigenvalue weighted by molar-refractivity contribution is 0.00614. The minimum absolute atomic E-state index is 0.289. The van der Waals surface area contributed by atoms with Gasteiger partial charge in [0.1, 0.15) is 0 Å². The Labute approximate surface area is 118 Å². The van der Waals surface area contributed by atoms with Crippen molar-refractivity contribution >= 4 is 11.3 Å². The van der Waals surface area contributed by atoms with Crippen molar-refractivity contribution in [3.05, 3.63) is 16.1 Å². The maximum Gasteiger partial charge on any atom is 0.0901 e. The lowest BCUT2D eigenvalue weighted by atomic mass is 10.0. The Kier molecular flexibility index (Phi) is 3.89. The molecule has 0 aromatic carbocycles. The second-order valence-electron chi connectivity index (χ2n) is 5.77. The second kappa shape index (κ2) is 5.48. The maximum atomic E-state index is 6.12. The molecule has 106 valence electrons. The fourth-order valence-corrected chi connectivity index (χ4v) is 3.77. The lowest BCUT2D eigenvalue weighted by Crippen LogP contribution is -2.38. The van der Waals surface area contributed by atoms with E-state index in [4.69, 9.17) is 9.47 Å². The van der Waals surface area contributed by atoms with Crippen molar-refractivity contribution in [3.63, 3.8) is 0 Å². The van der Waals surface area contributed by atoms with Gasteiger partial charge in [0.25, 0.3) is 0 Å². The predicted octanol–water partition coefficient (Wildman–Crippen LogP) is 2.08. The summed E-state index contributed by atoms with van der Waals surface area (Å²) >= 11 is 1.69. The molecule has 3 rings (SSSR count). The molecule has 0 radical (unpaired) electrons.